The molecular weight excluding hydrogens is 323 g/mol. The first-order chi connectivity index (χ1) is 12.1. The lowest BCUT2D eigenvalue weighted by molar-refractivity contribution is -0.140. The van der Waals surface area contributed by atoms with Crippen LogP contribution in [0, 0.1) is 11.7 Å². The van der Waals surface area contributed by atoms with Gasteiger partial charge in [-0.3, -0.25) is 4.79 Å². The van der Waals surface area contributed by atoms with Gasteiger partial charge < -0.3 is 20.9 Å². The number of rotatable bonds is 4. The van der Waals surface area contributed by atoms with Crippen molar-refractivity contribution in [3.05, 3.63) is 35.6 Å². The lowest BCUT2D eigenvalue weighted by Crippen LogP contribution is -2.58. The predicted octanol–water partition coefficient (Wildman–Crippen LogP) is 1.31. The maximum Gasteiger partial charge on any atom is 0.317 e. The molecule has 0 bridgehead atoms. The summed E-state index contributed by atoms with van der Waals surface area (Å²) in [4.78, 5) is 28.2. The Morgan fingerprint density at radius 2 is 2.04 bits per heavy atom. The number of likely N-dealkylation sites (tertiary alicyclic amines) is 2. The highest BCUT2D eigenvalue weighted by Gasteiger charge is 2.39. The molecule has 2 atom stereocenters. The van der Waals surface area contributed by atoms with Gasteiger partial charge in [-0.2, -0.15) is 0 Å². The number of benzene rings is 1. The molecule has 2 heterocycles. The van der Waals surface area contributed by atoms with Crippen molar-refractivity contribution in [1.82, 2.24) is 15.1 Å². The van der Waals surface area contributed by atoms with Gasteiger partial charge in [-0.05, 0) is 36.5 Å². The van der Waals surface area contributed by atoms with Crippen molar-refractivity contribution in [2.75, 3.05) is 26.2 Å². The first-order valence-corrected chi connectivity index (χ1v) is 8.85. The molecule has 2 fully saturated rings. The molecule has 136 valence electrons. The van der Waals surface area contributed by atoms with Crippen molar-refractivity contribution in [2.24, 2.45) is 11.7 Å². The monoisotopic (exact) mass is 348 g/mol. The van der Waals surface area contributed by atoms with Crippen LogP contribution in [0.5, 0.6) is 0 Å². The number of nitrogens with two attached hydrogens (primary N) is 1. The highest BCUT2D eigenvalue weighted by Crippen LogP contribution is 2.31. The SMILES string of the molecule is NCCN1C(=O)CCC2CN(C(=O)NCc3ccc(F)cc3)CCC21. The van der Waals surface area contributed by atoms with Crippen LogP contribution in [0.2, 0.25) is 0 Å². The normalized spacial score (nSPS) is 23.4. The highest BCUT2D eigenvalue weighted by atomic mass is 19.1. The van der Waals surface area contributed by atoms with Crippen molar-refractivity contribution < 1.29 is 14.0 Å². The van der Waals surface area contributed by atoms with Gasteiger partial charge in [-0.1, -0.05) is 12.1 Å². The largest absolute Gasteiger partial charge is 0.338 e. The van der Waals surface area contributed by atoms with E-state index in [-0.39, 0.29) is 23.8 Å². The van der Waals surface area contributed by atoms with E-state index in [1.54, 1.807) is 12.1 Å². The fourth-order valence-corrected chi connectivity index (χ4v) is 3.86. The summed E-state index contributed by atoms with van der Waals surface area (Å²) < 4.78 is 12.9. The fraction of sp³-hybridized carbons (Fsp3) is 0.556. The summed E-state index contributed by atoms with van der Waals surface area (Å²) >= 11 is 0. The summed E-state index contributed by atoms with van der Waals surface area (Å²) in [7, 11) is 0. The van der Waals surface area contributed by atoms with E-state index in [1.807, 2.05) is 9.80 Å². The van der Waals surface area contributed by atoms with Gasteiger partial charge in [-0.25, -0.2) is 9.18 Å². The summed E-state index contributed by atoms with van der Waals surface area (Å²) in [6.45, 7) is 2.73. The summed E-state index contributed by atoms with van der Waals surface area (Å²) in [5.74, 6) is 0.210. The maximum absolute atomic E-state index is 12.9. The number of hydrogen-bond acceptors (Lipinski definition) is 3. The lowest BCUT2D eigenvalue weighted by atomic mass is 9.83. The Hall–Kier alpha value is -2.15. The Morgan fingerprint density at radius 3 is 2.76 bits per heavy atom. The van der Waals surface area contributed by atoms with Gasteiger partial charge in [0.1, 0.15) is 5.82 Å². The van der Waals surface area contributed by atoms with Crippen LogP contribution in [0.3, 0.4) is 0 Å². The van der Waals surface area contributed by atoms with Crippen LogP contribution in [0.4, 0.5) is 9.18 Å². The zero-order chi connectivity index (χ0) is 17.8. The minimum Gasteiger partial charge on any atom is -0.338 e. The summed E-state index contributed by atoms with van der Waals surface area (Å²) in [6, 6.07) is 6.20. The van der Waals surface area contributed by atoms with Gasteiger partial charge >= 0.3 is 6.03 Å². The third-order valence-corrected chi connectivity index (χ3v) is 5.16. The van der Waals surface area contributed by atoms with Crippen molar-refractivity contribution in [3.8, 4) is 0 Å². The topological polar surface area (TPSA) is 78.7 Å². The van der Waals surface area contributed by atoms with Gasteiger partial charge in [0.2, 0.25) is 5.91 Å². The van der Waals surface area contributed by atoms with Crippen LogP contribution >= 0.6 is 0 Å². The quantitative estimate of drug-likeness (QED) is 0.861. The van der Waals surface area contributed by atoms with E-state index in [0.717, 1.165) is 18.4 Å². The molecule has 0 aromatic heterocycles. The smallest absolute Gasteiger partial charge is 0.317 e. The second-order valence-electron chi connectivity index (χ2n) is 6.76. The summed E-state index contributed by atoms with van der Waals surface area (Å²) in [5, 5.41) is 2.89. The Labute approximate surface area is 147 Å². The molecule has 7 heteroatoms. The van der Waals surface area contributed by atoms with Crippen molar-refractivity contribution >= 4 is 11.9 Å². The molecule has 0 spiro atoms. The van der Waals surface area contributed by atoms with E-state index in [2.05, 4.69) is 5.32 Å². The van der Waals surface area contributed by atoms with E-state index in [4.69, 9.17) is 5.73 Å². The molecule has 2 aliphatic heterocycles. The zero-order valence-corrected chi connectivity index (χ0v) is 14.3. The van der Waals surface area contributed by atoms with Gasteiger partial charge in [0, 0.05) is 45.2 Å². The van der Waals surface area contributed by atoms with E-state index >= 15 is 0 Å². The van der Waals surface area contributed by atoms with Crippen LogP contribution in [0.25, 0.3) is 0 Å². The number of urea groups is 1. The molecule has 3 amide bonds. The molecule has 2 unspecified atom stereocenters. The molecule has 3 N–H and O–H groups in total. The molecule has 25 heavy (non-hydrogen) atoms. The van der Waals surface area contributed by atoms with E-state index in [0.29, 0.717) is 45.1 Å². The molecule has 1 aromatic carbocycles. The standard InChI is InChI=1S/C18H25FN4O2/c19-15-4-1-13(2-5-15)11-21-18(25)22-9-7-16-14(12-22)3-6-17(24)23(16)10-8-20/h1-2,4-5,14,16H,3,6-12,20H2,(H,21,25). The average molecular weight is 348 g/mol. The molecule has 2 aliphatic rings. The number of carbonyl (C=O) groups excluding carboxylic acids is 2. The lowest BCUT2D eigenvalue weighted by Gasteiger charge is -2.47. The summed E-state index contributed by atoms with van der Waals surface area (Å²) in [5.41, 5.74) is 6.49. The Balaban J connectivity index is 1.54. The van der Waals surface area contributed by atoms with E-state index in [9.17, 15) is 14.0 Å². The summed E-state index contributed by atoms with van der Waals surface area (Å²) in [6.07, 6.45) is 2.15. The van der Waals surface area contributed by atoms with Crippen LogP contribution < -0.4 is 11.1 Å². The number of nitrogens with one attached hydrogen (secondary N) is 1. The van der Waals surface area contributed by atoms with Crippen LogP contribution in [0.1, 0.15) is 24.8 Å². The first-order valence-electron chi connectivity index (χ1n) is 8.85. The minimum absolute atomic E-state index is 0.106. The zero-order valence-electron chi connectivity index (χ0n) is 14.3. The van der Waals surface area contributed by atoms with Gasteiger partial charge in [0.25, 0.3) is 0 Å². The highest BCUT2D eigenvalue weighted by molar-refractivity contribution is 5.78. The number of fused-ring (bicyclic) bond motifs is 1. The second kappa shape index (κ2) is 7.82. The Morgan fingerprint density at radius 1 is 1.28 bits per heavy atom. The third kappa shape index (κ3) is 4.10. The van der Waals surface area contributed by atoms with Crippen molar-refractivity contribution in [2.45, 2.75) is 31.8 Å². The first kappa shape index (κ1) is 17.7. The number of nitrogens with zero attached hydrogens (tertiary/aromatic N) is 2. The van der Waals surface area contributed by atoms with Crippen molar-refractivity contribution in [3.63, 3.8) is 0 Å². The van der Waals surface area contributed by atoms with Crippen LogP contribution in [-0.2, 0) is 11.3 Å². The third-order valence-electron chi connectivity index (χ3n) is 5.16. The minimum atomic E-state index is -0.286. The maximum atomic E-state index is 12.9. The molecule has 3 rings (SSSR count). The van der Waals surface area contributed by atoms with Gasteiger partial charge in [0.15, 0.2) is 0 Å². The number of piperidine rings is 2. The molecule has 0 radical (unpaired) electrons. The molecule has 1 aromatic rings. The van der Waals surface area contributed by atoms with Gasteiger partial charge in [0.05, 0.1) is 0 Å². The molecule has 6 nitrogen and oxygen atoms in total. The average Bonchev–Trinajstić information content (AvgIpc) is 2.63. The molecular formula is C18H25FN4O2. The number of hydrogen-bond donors (Lipinski definition) is 2. The molecule has 0 saturated carbocycles. The Bertz CT molecular complexity index is 622. The van der Waals surface area contributed by atoms with Gasteiger partial charge in [-0.15, -0.1) is 0 Å². The van der Waals surface area contributed by atoms with Crippen LogP contribution in [0.15, 0.2) is 24.3 Å². The number of carbonyl (C=O) groups is 2. The molecule has 0 aliphatic carbocycles. The van der Waals surface area contributed by atoms with E-state index in [1.165, 1.54) is 12.1 Å². The van der Waals surface area contributed by atoms with Crippen molar-refractivity contribution in [1.29, 1.82) is 0 Å². The van der Waals surface area contributed by atoms with E-state index < -0.39 is 0 Å². The Kier molecular flexibility index (Phi) is 5.53. The fourth-order valence-electron chi connectivity index (χ4n) is 3.86. The number of amides is 3. The number of halogens is 1. The second-order valence-corrected chi connectivity index (χ2v) is 6.76. The predicted molar refractivity (Wildman–Crippen MR) is 92.1 cm³/mol. The van der Waals surface area contributed by atoms with Crippen LogP contribution in [-0.4, -0.2) is 54.0 Å². The molecule has 2 saturated heterocycles.